The van der Waals surface area contributed by atoms with Crippen molar-refractivity contribution in [1.29, 1.82) is 0 Å². The topological polar surface area (TPSA) is 77.5 Å². The number of nitrogens with zero attached hydrogens (tertiary/aromatic N) is 2. The Labute approximate surface area is 207 Å². The Morgan fingerprint density at radius 1 is 0.771 bits per heavy atom. The molecule has 0 spiro atoms. The number of hydrogen-bond donors (Lipinski definition) is 0. The molecule has 3 aromatic carbocycles. The van der Waals surface area contributed by atoms with Gasteiger partial charge in [-0.1, -0.05) is 29.8 Å². The number of hydrogen-bond acceptors (Lipinski definition) is 7. The molecule has 0 bridgehead atoms. The van der Waals surface area contributed by atoms with Crippen LogP contribution in [-0.2, 0) is 14.4 Å². The fourth-order valence-corrected chi connectivity index (χ4v) is 4.86. The van der Waals surface area contributed by atoms with Crippen molar-refractivity contribution in [2.45, 2.75) is 12.1 Å². The summed E-state index contributed by atoms with van der Waals surface area (Å²) < 4.78 is 16.7. The number of carbonyl (C=O) groups excluding carboxylic acids is 2. The Morgan fingerprint density at radius 2 is 1.46 bits per heavy atom. The molecule has 0 unspecified atom stereocenters. The Balaban J connectivity index is 1.65. The van der Waals surface area contributed by atoms with Crippen LogP contribution in [0.25, 0.3) is 0 Å². The first-order valence-electron chi connectivity index (χ1n) is 10.9. The molecule has 2 aliphatic heterocycles. The molecule has 2 fully saturated rings. The molecular weight excluding hydrogens is 472 g/mol. The number of imide groups is 1. The van der Waals surface area contributed by atoms with E-state index >= 15 is 0 Å². The maximum Gasteiger partial charge on any atom is 0.266 e. The van der Waals surface area contributed by atoms with E-state index in [4.69, 9.17) is 30.6 Å². The molecule has 5 rings (SSSR count). The van der Waals surface area contributed by atoms with E-state index in [9.17, 15) is 9.59 Å². The lowest BCUT2D eigenvalue weighted by molar-refractivity contribution is -0.126. The molecule has 180 valence electrons. The van der Waals surface area contributed by atoms with Crippen LogP contribution in [0, 0.1) is 5.92 Å². The highest BCUT2D eigenvalue weighted by molar-refractivity contribution is 6.31. The van der Waals surface area contributed by atoms with Crippen LogP contribution in [0.1, 0.15) is 11.6 Å². The zero-order valence-electron chi connectivity index (χ0n) is 19.3. The summed E-state index contributed by atoms with van der Waals surface area (Å²) in [4.78, 5) is 34.6. The monoisotopic (exact) mass is 494 g/mol. The average Bonchev–Trinajstić information content (AvgIpc) is 3.39. The van der Waals surface area contributed by atoms with Crippen LogP contribution in [0.4, 0.5) is 11.4 Å². The number of halogens is 1. The van der Waals surface area contributed by atoms with Crippen molar-refractivity contribution >= 4 is 34.8 Å². The number of fused-ring (bicyclic) bond motifs is 1. The summed E-state index contributed by atoms with van der Waals surface area (Å²) in [5.41, 5.74) is 1.76. The number of carbonyl (C=O) groups is 2. The van der Waals surface area contributed by atoms with Crippen molar-refractivity contribution in [3.8, 4) is 17.2 Å². The minimum atomic E-state index is -1.01. The van der Waals surface area contributed by atoms with Crippen LogP contribution in [-0.4, -0.2) is 39.2 Å². The van der Waals surface area contributed by atoms with Crippen LogP contribution in [0.3, 0.4) is 0 Å². The highest BCUT2D eigenvalue weighted by Crippen LogP contribution is 2.52. The van der Waals surface area contributed by atoms with E-state index in [-0.39, 0.29) is 5.91 Å². The second-order valence-electron chi connectivity index (χ2n) is 8.07. The van der Waals surface area contributed by atoms with E-state index in [1.807, 2.05) is 30.3 Å². The fraction of sp³-hybridized carbons (Fsp3) is 0.231. The molecule has 0 aromatic heterocycles. The average molecular weight is 495 g/mol. The number of hydroxylamine groups is 1. The molecule has 0 radical (unpaired) electrons. The highest BCUT2D eigenvalue weighted by atomic mass is 35.5. The van der Waals surface area contributed by atoms with Crippen molar-refractivity contribution in [3.05, 3.63) is 77.3 Å². The van der Waals surface area contributed by atoms with Gasteiger partial charge in [-0.2, -0.15) is 0 Å². The second-order valence-corrected chi connectivity index (χ2v) is 8.51. The number of amides is 2. The maximum absolute atomic E-state index is 13.8. The first kappa shape index (κ1) is 23.0. The van der Waals surface area contributed by atoms with Crippen molar-refractivity contribution in [1.82, 2.24) is 0 Å². The third-order valence-corrected chi connectivity index (χ3v) is 6.52. The minimum Gasteiger partial charge on any atom is -0.493 e. The number of ether oxygens (including phenoxy) is 3. The lowest BCUT2D eigenvalue weighted by atomic mass is 9.89. The summed E-state index contributed by atoms with van der Waals surface area (Å²) in [6, 6.07) is 18.7. The van der Waals surface area contributed by atoms with Gasteiger partial charge in [-0.3, -0.25) is 14.4 Å². The van der Waals surface area contributed by atoms with E-state index < -0.39 is 24.0 Å². The molecule has 3 atom stereocenters. The van der Waals surface area contributed by atoms with Crippen LogP contribution >= 0.6 is 11.6 Å². The van der Waals surface area contributed by atoms with Gasteiger partial charge < -0.3 is 14.2 Å². The molecule has 0 N–H and O–H groups in total. The van der Waals surface area contributed by atoms with Gasteiger partial charge in [0.1, 0.15) is 12.0 Å². The molecule has 9 heteroatoms. The number of anilines is 2. The van der Waals surface area contributed by atoms with Crippen LogP contribution in [0.5, 0.6) is 17.2 Å². The summed E-state index contributed by atoms with van der Waals surface area (Å²) in [5.74, 6) is -0.382. The van der Waals surface area contributed by atoms with Crippen molar-refractivity contribution in [2.24, 2.45) is 5.92 Å². The zero-order valence-corrected chi connectivity index (χ0v) is 20.1. The minimum absolute atomic E-state index is 0.373. The fourth-order valence-electron chi connectivity index (χ4n) is 4.73. The van der Waals surface area contributed by atoms with Crippen molar-refractivity contribution < 1.29 is 28.6 Å². The molecule has 3 aromatic rings. The summed E-state index contributed by atoms with van der Waals surface area (Å²) in [6.45, 7) is 0. The molecule has 2 amide bonds. The van der Waals surface area contributed by atoms with Gasteiger partial charge in [0.25, 0.3) is 5.91 Å². The smallest absolute Gasteiger partial charge is 0.266 e. The summed E-state index contributed by atoms with van der Waals surface area (Å²) in [7, 11) is 4.56. The summed E-state index contributed by atoms with van der Waals surface area (Å²) in [5, 5.41) is 2.11. The molecule has 0 saturated carbocycles. The van der Waals surface area contributed by atoms with Crippen LogP contribution in [0.2, 0.25) is 5.02 Å². The molecule has 2 saturated heterocycles. The Bertz CT molecular complexity index is 1270. The third kappa shape index (κ3) is 3.66. The van der Waals surface area contributed by atoms with E-state index in [0.29, 0.717) is 39.2 Å². The van der Waals surface area contributed by atoms with Gasteiger partial charge in [-0.15, -0.1) is 0 Å². The Morgan fingerprint density at radius 3 is 2.09 bits per heavy atom. The summed E-state index contributed by atoms with van der Waals surface area (Å²) in [6.07, 6.45) is -1.01. The Kier molecular flexibility index (Phi) is 6.00. The molecule has 2 heterocycles. The van der Waals surface area contributed by atoms with Gasteiger partial charge in [0.05, 0.1) is 32.7 Å². The zero-order chi connectivity index (χ0) is 24.7. The van der Waals surface area contributed by atoms with E-state index in [1.54, 1.807) is 41.5 Å². The van der Waals surface area contributed by atoms with Crippen LogP contribution in [0.15, 0.2) is 66.7 Å². The van der Waals surface area contributed by atoms with E-state index in [0.717, 1.165) is 4.90 Å². The van der Waals surface area contributed by atoms with Gasteiger partial charge in [0.15, 0.2) is 17.6 Å². The quantitative estimate of drug-likeness (QED) is 0.469. The van der Waals surface area contributed by atoms with Crippen LogP contribution < -0.4 is 24.2 Å². The third-order valence-electron chi connectivity index (χ3n) is 6.26. The van der Waals surface area contributed by atoms with E-state index in [2.05, 4.69) is 0 Å². The highest BCUT2D eigenvalue weighted by Gasteiger charge is 2.61. The lowest BCUT2D eigenvalue weighted by Gasteiger charge is -2.30. The first-order chi connectivity index (χ1) is 17.0. The van der Waals surface area contributed by atoms with Gasteiger partial charge in [0, 0.05) is 10.6 Å². The van der Waals surface area contributed by atoms with Crippen molar-refractivity contribution in [2.75, 3.05) is 31.3 Å². The molecule has 8 nitrogen and oxygen atoms in total. The number of rotatable bonds is 6. The maximum atomic E-state index is 13.8. The molecule has 0 aliphatic carbocycles. The number of benzene rings is 3. The van der Waals surface area contributed by atoms with Gasteiger partial charge in [-0.25, -0.2) is 9.96 Å². The SMILES string of the molecule is COc1ccc([C@@H]2[C@H]3C(=O)N(c4ccc(Cl)cc4)C(=O)[C@@H]3ON2c2ccccc2)c(OC)c1OC. The van der Waals surface area contributed by atoms with E-state index in [1.165, 1.54) is 21.3 Å². The first-order valence-corrected chi connectivity index (χ1v) is 11.3. The lowest BCUT2D eigenvalue weighted by Crippen LogP contribution is -2.37. The predicted molar refractivity (Wildman–Crippen MR) is 130 cm³/mol. The van der Waals surface area contributed by atoms with Crippen molar-refractivity contribution in [3.63, 3.8) is 0 Å². The molecule has 2 aliphatic rings. The normalized spacial score (nSPS) is 21.3. The molecular formula is C26H23ClN2O6. The molecule has 35 heavy (non-hydrogen) atoms. The Hall–Kier alpha value is -3.75. The number of methoxy groups -OCH3 is 3. The van der Waals surface area contributed by atoms with Gasteiger partial charge in [-0.05, 0) is 48.5 Å². The van der Waals surface area contributed by atoms with Gasteiger partial charge >= 0.3 is 0 Å². The standard InChI is InChI=1S/C26H23ClN2O6/c1-32-19-14-13-18(22(33-2)23(19)34-3)21-20-24(35-29(21)17-7-5-4-6-8-17)26(31)28(25(20)30)16-11-9-15(27)10-12-16/h4-14,20-21,24H,1-3H3/t20-,21-,24-/m1/s1. The second kappa shape index (κ2) is 9.13. The predicted octanol–water partition coefficient (Wildman–Crippen LogP) is 4.42. The van der Waals surface area contributed by atoms with Gasteiger partial charge in [0.2, 0.25) is 11.7 Å². The summed E-state index contributed by atoms with van der Waals surface area (Å²) >= 11 is 6.01. The number of para-hydroxylation sites is 1. The largest absolute Gasteiger partial charge is 0.493 e.